The van der Waals surface area contributed by atoms with E-state index in [9.17, 15) is 0 Å². The lowest BCUT2D eigenvalue weighted by Crippen LogP contribution is -2.46. The molecule has 0 heterocycles. The molecule has 3 atom stereocenters. The zero-order valence-electron chi connectivity index (χ0n) is 11.1. The Morgan fingerprint density at radius 2 is 1.93 bits per heavy atom. The maximum atomic E-state index is 4.17. The number of allylic oxidation sites excluding steroid dienone is 1. The van der Waals surface area contributed by atoms with Gasteiger partial charge >= 0.3 is 0 Å². The van der Waals surface area contributed by atoms with Gasteiger partial charge in [-0.15, -0.1) is 0 Å². The van der Waals surface area contributed by atoms with Crippen LogP contribution in [0.2, 0.25) is 0 Å². The van der Waals surface area contributed by atoms with E-state index in [-0.39, 0.29) is 5.54 Å². The summed E-state index contributed by atoms with van der Waals surface area (Å²) in [5.41, 5.74) is 1.67. The number of rotatable bonds is 2. The van der Waals surface area contributed by atoms with Crippen molar-refractivity contribution in [2.24, 2.45) is 11.8 Å². The van der Waals surface area contributed by atoms with Crippen LogP contribution < -0.4 is 5.32 Å². The molecule has 0 amide bonds. The molecule has 1 rings (SSSR count). The average molecular weight is 209 g/mol. The van der Waals surface area contributed by atoms with E-state index in [4.69, 9.17) is 0 Å². The van der Waals surface area contributed by atoms with Crippen molar-refractivity contribution >= 4 is 0 Å². The molecule has 1 nitrogen and oxygen atoms in total. The Bertz CT molecular complexity index is 224. The van der Waals surface area contributed by atoms with Gasteiger partial charge in [0, 0.05) is 11.6 Å². The van der Waals surface area contributed by atoms with Crippen LogP contribution in [0.3, 0.4) is 0 Å². The first-order chi connectivity index (χ1) is 6.78. The predicted molar refractivity (Wildman–Crippen MR) is 68.0 cm³/mol. The van der Waals surface area contributed by atoms with Gasteiger partial charge in [0.05, 0.1) is 0 Å². The van der Waals surface area contributed by atoms with Crippen molar-refractivity contribution in [1.29, 1.82) is 0 Å². The SMILES string of the molecule is C=C1CC(C)CC(C(C)NC(C)(C)C)C1. The maximum absolute atomic E-state index is 4.17. The summed E-state index contributed by atoms with van der Waals surface area (Å²) < 4.78 is 0. The molecular weight excluding hydrogens is 182 g/mol. The van der Waals surface area contributed by atoms with Crippen LogP contribution in [0.1, 0.15) is 53.9 Å². The topological polar surface area (TPSA) is 12.0 Å². The molecule has 0 bridgehead atoms. The molecule has 1 fully saturated rings. The van der Waals surface area contributed by atoms with Crippen molar-refractivity contribution < 1.29 is 0 Å². The second kappa shape index (κ2) is 4.69. The van der Waals surface area contributed by atoms with E-state index in [0.29, 0.717) is 6.04 Å². The molecule has 1 N–H and O–H groups in total. The van der Waals surface area contributed by atoms with Gasteiger partial charge < -0.3 is 5.32 Å². The fourth-order valence-corrected chi connectivity index (χ4v) is 2.81. The minimum absolute atomic E-state index is 0.224. The number of hydrogen-bond donors (Lipinski definition) is 1. The lowest BCUT2D eigenvalue weighted by atomic mass is 9.76. The van der Waals surface area contributed by atoms with Crippen LogP contribution >= 0.6 is 0 Å². The highest BCUT2D eigenvalue weighted by Gasteiger charge is 2.27. The van der Waals surface area contributed by atoms with Gasteiger partial charge in [-0.25, -0.2) is 0 Å². The van der Waals surface area contributed by atoms with Crippen LogP contribution in [-0.4, -0.2) is 11.6 Å². The Balaban J connectivity index is 2.52. The summed E-state index contributed by atoms with van der Waals surface area (Å²) in [4.78, 5) is 0. The lowest BCUT2D eigenvalue weighted by molar-refractivity contribution is 0.235. The quantitative estimate of drug-likeness (QED) is 0.683. The molecule has 0 saturated heterocycles. The molecule has 15 heavy (non-hydrogen) atoms. The van der Waals surface area contributed by atoms with E-state index in [1.54, 1.807) is 0 Å². The Morgan fingerprint density at radius 3 is 2.40 bits per heavy atom. The summed E-state index contributed by atoms with van der Waals surface area (Å²) in [5, 5.41) is 3.69. The summed E-state index contributed by atoms with van der Waals surface area (Å²) in [7, 11) is 0. The van der Waals surface area contributed by atoms with E-state index in [1.165, 1.54) is 24.8 Å². The van der Waals surface area contributed by atoms with Gasteiger partial charge in [0.1, 0.15) is 0 Å². The lowest BCUT2D eigenvalue weighted by Gasteiger charge is -2.36. The molecule has 0 aromatic heterocycles. The van der Waals surface area contributed by atoms with Gasteiger partial charge in [-0.1, -0.05) is 19.1 Å². The van der Waals surface area contributed by atoms with E-state index in [2.05, 4.69) is 46.5 Å². The van der Waals surface area contributed by atoms with Crippen LogP contribution in [0.25, 0.3) is 0 Å². The van der Waals surface area contributed by atoms with Crippen LogP contribution in [0.15, 0.2) is 12.2 Å². The summed E-state index contributed by atoms with van der Waals surface area (Å²) in [5.74, 6) is 1.60. The third kappa shape index (κ3) is 4.38. The van der Waals surface area contributed by atoms with Gasteiger partial charge in [0.25, 0.3) is 0 Å². The standard InChI is InChI=1S/C14H27N/c1-10-7-11(2)9-13(8-10)12(3)15-14(4,5)6/h11-13,15H,1,7-9H2,2-6H3. The molecule has 0 aliphatic heterocycles. The molecule has 1 aliphatic rings. The van der Waals surface area contributed by atoms with Crippen LogP contribution in [0.5, 0.6) is 0 Å². The molecule has 0 radical (unpaired) electrons. The Morgan fingerprint density at radius 1 is 1.33 bits per heavy atom. The first kappa shape index (κ1) is 12.8. The van der Waals surface area contributed by atoms with Gasteiger partial charge in [-0.2, -0.15) is 0 Å². The van der Waals surface area contributed by atoms with E-state index >= 15 is 0 Å². The Kier molecular flexibility index (Phi) is 3.99. The van der Waals surface area contributed by atoms with Gasteiger partial charge in [0.2, 0.25) is 0 Å². The molecule has 88 valence electrons. The Labute approximate surface area is 95.3 Å². The van der Waals surface area contributed by atoms with E-state index in [1.807, 2.05) is 0 Å². The molecule has 0 aromatic carbocycles. The molecule has 1 aliphatic carbocycles. The number of nitrogens with one attached hydrogen (secondary N) is 1. The fraction of sp³-hybridized carbons (Fsp3) is 0.857. The highest BCUT2D eigenvalue weighted by atomic mass is 15.0. The van der Waals surface area contributed by atoms with E-state index < -0.39 is 0 Å². The van der Waals surface area contributed by atoms with E-state index in [0.717, 1.165) is 11.8 Å². The second-order valence-corrected chi connectivity index (χ2v) is 6.44. The first-order valence-corrected chi connectivity index (χ1v) is 6.22. The summed E-state index contributed by atoms with van der Waals surface area (Å²) >= 11 is 0. The monoisotopic (exact) mass is 209 g/mol. The third-order valence-corrected chi connectivity index (χ3v) is 3.26. The summed E-state index contributed by atoms with van der Waals surface area (Å²) in [6, 6.07) is 0.601. The Hall–Kier alpha value is -0.300. The zero-order chi connectivity index (χ0) is 11.6. The molecular formula is C14H27N. The van der Waals surface area contributed by atoms with Gasteiger partial charge in [-0.3, -0.25) is 0 Å². The molecule has 1 saturated carbocycles. The first-order valence-electron chi connectivity index (χ1n) is 6.22. The van der Waals surface area contributed by atoms with Crippen molar-refractivity contribution in [1.82, 2.24) is 5.32 Å². The molecule has 3 unspecified atom stereocenters. The maximum Gasteiger partial charge on any atom is 0.00991 e. The van der Waals surface area contributed by atoms with Crippen molar-refractivity contribution in [3.05, 3.63) is 12.2 Å². The molecule has 0 spiro atoms. The zero-order valence-corrected chi connectivity index (χ0v) is 11.1. The van der Waals surface area contributed by atoms with Crippen molar-refractivity contribution in [3.63, 3.8) is 0 Å². The minimum atomic E-state index is 0.224. The van der Waals surface area contributed by atoms with Gasteiger partial charge in [-0.05, 0) is 58.8 Å². The molecule has 0 aromatic rings. The van der Waals surface area contributed by atoms with Crippen molar-refractivity contribution in [3.8, 4) is 0 Å². The van der Waals surface area contributed by atoms with Crippen molar-refractivity contribution in [2.45, 2.75) is 65.5 Å². The highest BCUT2D eigenvalue weighted by molar-refractivity contribution is 5.03. The second-order valence-electron chi connectivity index (χ2n) is 6.44. The largest absolute Gasteiger partial charge is 0.309 e. The summed E-state index contributed by atoms with van der Waals surface area (Å²) in [6.07, 6.45) is 3.80. The normalized spacial score (nSPS) is 30.3. The number of hydrogen-bond acceptors (Lipinski definition) is 1. The smallest absolute Gasteiger partial charge is 0.00991 e. The van der Waals surface area contributed by atoms with Gasteiger partial charge in [0.15, 0.2) is 0 Å². The van der Waals surface area contributed by atoms with Crippen LogP contribution in [0, 0.1) is 11.8 Å². The third-order valence-electron chi connectivity index (χ3n) is 3.26. The molecule has 1 heteroatoms. The summed E-state index contributed by atoms with van der Waals surface area (Å²) in [6.45, 7) is 15.6. The minimum Gasteiger partial charge on any atom is -0.309 e. The van der Waals surface area contributed by atoms with Crippen molar-refractivity contribution in [2.75, 3.05) is 0 Å². The van der Waals surface area contributed by atoms with Crippen LogP contribution in [0.4, 0.5) is 0 Å². The average Bonchev–Trinajstić information content (AvgIpc) is 1.98. The van der Waals surface area contributed by atoms with Crippen LogP contribution in [-0.2, 0) is 0 Å². The predicted octanol–water partition coefficient (Wildman–Crippen LogP) is 3.76. The highest BCUT2D eigenvalue weighted by Crippen LogP contribution is 2.33. The fourth-order valence-electron chi connectivity index (χ4n) is 2.81.